The van der Waals surface area contributed by atoms with Crippen LogP contribution in [0, 0.1) is 34.5 Å². The van der Waals surface area contributed by atoms with Crippen molar-refractivity contribution in [1.82, 2.24) is 0 Å². The highest BCUT2D eigenvalue weighted by atomic mass is 16.7. The van der Waals surface area contributed by atoms with Gasteiger partial charge in [-0.3, -0.25) is 0 Å². The number of carbonyl (C=O) groups is 1. The molecule has 4 N–H and O–H groups in total. The third kappa shape index (κ3) is 5.34. The van der Waals surface area contributed by atoms with E-state index in [0.717, 1.165) is 63.4 Å². The second kappa shape index (κ2) is 11.8. The molecule has 16 atom stereocenters. The van der Waals surface area contributed by atoms with E-state index >= 15 is 0 Å². The molecule has 10 heteroatoms. The lowest BCUT2D eigenvalue weighted by molar-refractivity contribution is -0.318. The van der Waals surface area contributed by atoms with Crippen molar-refractivity contribution in [2.24, 2.45) is 34.5 Å². The molecule has 45 heavy (non-hydrogen) atoms. The number of hydrogen-bond acceptors (Lipinski definition) is 10. The maximum absolute atomic E-state index is 12.5. The fourth-order valence-corrected chi connectivity index (χ4v) is 11.3. The molecule has 0 aromatic carbocycles. The summed E-state index contributed by atoms with van der Waals surface area (Å²) < 4.78 is 29.8. The summed E-state index contributed by atoms with van der Waals surface area (Å²) in [7, 11) is 0. The van der Waals surface area contributed by atoms with Crippen LogP contribution in [0.3, 0.4) is 0 Å². The lowest BCUT2D eigenvalue weighted by Crippen LogP contribution is -2.62. The van der Waals surface area contributed by atoms with Crippen LogP contribution in [-0.2, 0) is 28.5 Å². The number of cyclic esters (lactones) is 1. The molecule has 254 valence electrons. The van der Waals surface area contributed by atoms with Gasteiger partial charge in [-0.1, -0.05) is 13.8 Å². The second-order valence-electron chi connectivity index (χ2n) is 16.1. The van der Waals surface area contributed by atoms with Crippen LogP contribution >= 0.6 is 0 Å². The number of carbonyl (C=O) groups excluding carboxylic acids is 1. The molecule has 6 fully saturated rings. The minimum atomic E-state index is -0.957. The lowest BCUT2D eigenvalue weighted by Gasteiger charge is -2.64. The highest BCUT2D eigenvalue weighted by Gasteiger charge is 2.67. The number of aliphatic hydroxyl groups is 4. The number of fused-ring (bicyclic) bond motifs is 5. The largest absolute Gasteiger partial charge is 0.458 e. The maximum Gasteiger partial charge on any atom is 0.331 e. The minimum Gasteiger partial charge on any atom is -0.458 e. The number of rotatable bonds is 5. The summed E-state index contributed by atoms with van der Waals surface area (Å²) in [6.45, 7) is 8.67. The zero-order chi connectivity index (χ0) is 31.9. The van der Waals surface area contributed by atoms with Crippen LogP contribution in [-0.4, -0.2) is 93.9 Å². The van der Waals surface area contributed by atoms with Gasteiger partial charge in [-0.25, -0.2) is 4.79 Å². The SMILES string of the molecule is C[C@H]1O[C@@H](O[C@H]2[C@@H](O)C[C@H](O[C@H]3CC[C@]4(C)C5CC[C@]6(C)[C@@H](C7=CC(=O)OC7)CC[C@]6(O)C5CC[C@@H]4C3)O[C@@H]2C)C[C@H](O)[C@@H]1O. The van der Waals surface area contributed by atoms with E-state index in [2.05, 4.69) is 13.8 Å². The van der Waals surface area contributed by atoms with Crippen molar-refractivity contribution in [3.8, 4) is 0 Å². The minimum absolute atomic E-state index is 0.0558. The molecule has 3 aliphatic heterocycles. The third-order valence-electron chi connectivity index (χ3n) is 13.9. The standard InChI is InChI=1S/C35H54O10/c1-18-31(39)26(36)15-30(42-18)45-32-19(2)43-29(16-27(32)37)44-22-7-10-33(3)21(14-22)5-6-25-24(33)8-11-34(4)23(9-12-35(25,34)40)20-13-28(38)41-17-20/h13,18-19,21-27,29-32,36-37,39-40H,5-12,14-17H2,1-4H3/t18-,19-,21-,22+,23-,24?,25?,26+,27+,29+,30+,31-,32-,33+,34-,35+/m1/s1. The van der Waals surface area contributed by atoms with Crippen molar-refractivity contribution in [2.75, 3.05) is 6.61 Å². The fourth-order valence-electron chi connectivity index (χ4n) is 11.3. The van der Waals surface area contributed by atoms with Gasteiger partial charge in [0.2, 0.25) is 0 Å². The zero-order valence-corrected chi connectivity index (χ0v) is 27.3. The van der Waals surface area contributed by atoms with E-state index in [0.29, 0.717) is 24.9 Å². The van der Waals surface area contributed by atoms with Gasteiger partial charge in [-0.15, -0.1) is 0 Å². The summed E-state index contributed by atoms with van der Waals surface area (Å²) in [6, 6.07) is 0. The molecule has 2 unspecified atom stereocenters. The lowest BCUT2D eigenvalue weighted by atomic mass is 9.43. The van der Waals surface area contributed by atoms with Crippen LogP contribution in [0.25, 0.3) is 0 Å². The van der Waals surface area contributed by atoms with Gasteiger partial charge in [0, 0.05) is 24.3 Å². The molecule has 7 rings (SSSR count). The first-order valence-electron chi connectivity index (χ1n) is 17.6. The predicted octanol–water partition coefficient (Wildman–Crippen LogP) is 3.37. The Morgan fingerprint density at radius 2 is 1.56 bits per heavy atom. The summed E-state index contributed by atoms with van der Waals surface area (Å²) in [6.07, 6.45) is 5.45. The average molecular weight is 635 g/mol. The predicted molar refractivity (Wildman–Crippen MR) is 161 cm³/mol. The van der Waals surface area contributed by atoms with Crippen molar-refractivity contribution in [2.45, 2.75) is 159 Å². The molecule has 10 nitrogen and oxygen atoms in total. The molecule has 2 saturated heterocycles. The first kappa shape index (κ1) is 32.4. The van der Waals surface area contributed by atoms with E-state index in [4.69, 9.17) is 23.7 Å². The van der Waals surface area contributed by atoms with Crippen LogP contribution in [0.4, 0.5) is 0 Å². The van der Waals surface area contributed by atoms with E-state index < -0.39 is 54.8 Å². The van der Waals surface area contributed by atoms with E-state index in [9.17, 15) is 25.2 Å². The molecule has 0 aromatic rings. The van der Waals surface area contributed by atoms with Crippen LogP contribution in [0.1, 0.15) is 98.3 Å². The van der Waals surface area contributed by atoms with E-state index in [-0.39, 0.29) is 41.2 Å². The molecule has 0 aromatic heterocycles. The molecular weight excluding hydrogens is 580 g/mol. The summed E-state index contributed by atoms with van der Waals surface area (Å²) in [5.41, 5.74) is 0.288. The maximum atomic E-state index is 12.5. The van der Waals surface area contributed by atoms with E-state index in [1.807, 2.05) is 6.92 Å². The Labute approximate surface area is 266 Å². The van der Waals surface area contributed by atoms with Gasteiger partial charge in [-0.2, -0.15) is 0 Å². The number of hydrogen-bond donors (Lipinski definition) is 4. The van der Waals surface area contributed by atoms with E-state index in [1.165, 1.54) is 0 Å². The molecule has 0 spiro atoms. The molecule has 0 amide bonds. The highest BCUT2D eigenvalue weighted by molar-refractivity contribution is 5.85. The summed E-state index contributed by atoms with van der Waals surface area (Å²) >= 11 is 0. The topological polar surface area (TPSA) is 144 Å². The van der Waals surface area contributed by atoms with Crippen LogP contribution in [0.2, 0.25) is 0 Å². The molecule has 3 heterocycles. The quantitative estimate of drug-likeness (QED) is 0.263. The molecular formula is C35H54O10. The van der Waals surface area contributed by atoms with Crippen molar-refractivity contribution >= 4 is 5.97 Å². The van der Waals surface area contributed by atoms with Crippen molar-refractivity contribution in [3.05, 3.63) is 11.6 Å². The monoisotopic (exact) mass is 634 g/mol. The van der Waals surface area contributed by atoms with Gasteiger partial charge >= 0.3 is 5.97 Å². The summed E-state index contributed by atoms with van der Waals surface area (Å²) in [4.78, 5) is 11.9. The van der Waals surface area contributed by atoms with Crippen LogP contribution in [0.5, 0.6) is 0 Å². The normalized spacial score (nSPS) is 54.9. The van der Waals surface area contributed by atoms with Crippen LogP contribution in [0.15, 0.2) is 11.6 Å². The Morgan fingerprint density at radius 1 is 0.822 bits per heavy atom. The second-order valence-corrected chi connectivity index (χ2v) is 16.1. The first-order chi connectivity index (χ1) is 21.3. The van der Waals surface area contributed by atoms with E-state index in [1.54, 1.807) is 13.0 Å². The Balaban J connectivity index is 0.958. The Morgan fingerprint density at radius 3 is 2.27 bits per heavy atom. The fraction of sp³-hybridized carbons (Fsp3) is 0.914. The van der Waals surface area contributed by atoms with Crippen molar-refractivity contribution in [1.29, 1.82) is 0 Å². The average Bonchev–Trinajstić information content (AvgIpc) is 3.53. The van der Waals surface area contributed by atoms with Crippen molar-refractivity contribution in [3.63, 3.8) is 0 Å². The number of ether oxygens (including phenoxy) is 5. The molecule has 0 bridgehead atoms. The summed E-state index contributed by atoms with van der Waals surface area (Å²) in [5.74, 6) is 1.22. The smallest absolute Gasteiger partial charge is 0.331 e. The highest BCUT2D eigenvalue weighted by Crippen LogP contribution is 2.70. The Hall–Kier alpha value is -1.11. The molecule has 0 radical (unpaired) electrons. The molecule has 4 aliphatic carbocycles. The van der Waals surface area contributed by atoms with Gasteiger partial charge in [0.15, 0.2) is 12.6 Å². The Kier molecular flexibility index (Phi) is 8.50. The first-order valence-corrected chi connectivity index (χ1v) is 17.6. The van der Waals surface area contributed by atoms with Gasteiger partial charge in [0.1, 0.15) is 18.8 Å². The van der Waals surface area contributed by atoms with Gasteiger partial charge < -0.3 is 44.1 Å². The summed E-state index contributed by atoms with van der Waals surface area (Å²) in [5, 5.41) is 43.6. The number of aliphatic hydroxyl groups excluding tert-OH is 3. The molecule has 7 aliphatic rings. The van der Waals surface area contributed by atoms with Gasteiger partial charge in [0.25, 0.3) is 0 Å². The van der Waals surface area contributed by atoms with Crippen LogP contribution < -0.4 is 0 Å². The van der Waals surface area contributed by atoms with Gasteiger partial charge in [0.05, 0.1) is 36.1 Å². The zero-order valence-electron chi connectivity index (χ0n) is 27.3. The third-order valence-corrected chi connectivity index (χ3v) is 13.9. The van der Waals surface area contributed by atoms with Gasteiger partial charge in [-0.05, 0) is 106 Å². The number of esters is 1. The van der Waals surface area contributed by atoms with Crippen molar-refractivity contribution < 1.29 is 48.9 Å². The Bertz CT molecular complexity index is 1140. The molecule has 4 saturated carbocycles.